The normalized spacial score (nSPS) is 13.0. The number of sulfonamides is 1. The van der Waals surface area contributed by atoms with Gasteiger partial charge >= 0.3 is 0 Å². The quantitative estimate of drug-likeness (QED) is 0.328. The Morgan fingerprint density at radius 3 is 2.37 bits per heavy atom. The molecule has 9 nitrogen and oxygen atoms in total. The molecular formula is C30H34FN3O6S. The fraction of sp³-hybridized carbons (Fsp3) is 0.333. The number of carbonyl (C=O) groups excluding carboxylic acids is 2. The molecule has 0 fully saturated rings. The Morgan fingerprint density at radius 1 is 0.976 bits per heavy atom. The van der Waals surface area contributed by atoms with Crippen LogP contribution in [0.2, 0.25) is 0 Å². The Labute approximate surface area is 239 Å². The third-order valence-electron chi connectivity index (χ3n) is 6.68. The van der Waals surface area contributed by atoms with Crippen molar-refractivity contribution in [3.05, 3.63) is 89.7 Å². The molecule has 1 atom stereocenters. The van der Waals surface area contributed by atoms with Crippen molar-refractivity contribution in [2.45, 2.75) is 38.8 Å². The van der Waals surface area contributed by atoms with Crippen LogP contribution in [0.3, 0.4) is 0 Å². The Morgan fingerprint density at radius 2 is 1.68 bits per heavy atom. The molecule has 218 valence electrons. The lowest BCUT2D eigenvalue weighted by Crippen LogP contribution is -2.50. The molecule has 1 aliphatic rings. The van der Waals surface area contributed by atoms with Gasteiger partial charge in [-0.1, -0.05) is 42.5 Å². The van der Waals surface area contributed by atoms with E-state index in [0.29, 0.717) is 29.3 Å². The van der Waals surface area contributed by atoms with Crippen LogP contribution in [0.15, 0.2) is 72.8 Å². The molecule has 0 unspecified atom stereocenters. The lowest BCUT2D eigenvalue weighted by Gasteiger charge is -2.32. The number of nitrogens with zero attached hydrogens (tertiary/aromatic N) is 2. The summed E-state index contributed by atoms with van der Waals surface area (Å²) in [5.74, 6) is -0.0434. The molecule has 3 aromatic rings. The van der Waals surface area contributed by atoms with Gasteiger partial charge in [-0.3, -0.25) is 13.9 Å². The second-order valence-corrected chi connectivity index (χ2v) is 11.6. The molecular weight excluding hydrogens is 549 g/mol. The molecule has 4 rings (SSSR count). The number of carbonyl (C=O) groups is 2. The van der Waals surface area contributed by atoms with Crippen molar-refractivity contribution < 1.29 is 31.9 Å². The Hall–Kier alpha value is -4.12. The number of likely N-dealkylation sites (N-methyl/N-ethyl adjacent to an activating group) is 1. The molecule has 2 amide bonds. The zero-order valence-corrected chi connectivity index (χ0v) is 23.9. The van der Waals surface area contributed by atoms with Crippen molar-refractivity contribution in [2.24, 2.45) is 0 Å². The molecule has 0 radical (unpaired) electrons. The highest BCUT2D eigenvalue weighted by molar-refractivity contribution is 7.92. The van der Waals surface area contributed by atoms with Crippen molar-refractivity contribution >= 4 is 27.5 Å². The molecule has 0 aromatic heterocycles. The Kier molecular flexibility index (Phi) is 9.82. The second-order valence-electron chi connectivity index (χ2n) is 9.72. The van der Waals surface area contributed by atoms with Crippen LogP contribution in [-0.2, 0) is 32.6 Å². The first-order valence-corrected chi connectivity index (χ1v) is 15.2. The largest absolute Gasteiger partial charge is 0.454 e. The van der Waals surface area contributed by atoms with Crippen LogP contribution in [0.5, 0.6) is 11.5 Å². The van der Waals surface area contributed by atoms with E-state index in [2.05, 4.69) is 5.32 Å². The monoisotopic (exact) mass is 583 g/mol. The van der Waals surface area contributed by atoms with E-state index < -0.39 is 21.9 Å². The minimum atomic E-state index is -3.67. The molecule has 0 aliphatic carbocycles. The van der Waals surface area contributed by atoms with Gasteiger partial charge in [-0.25, -0.2) is 12.8 Å². The average Bonchev–Trinajstić information content (AvgIpc) is 3.42. The van der Waals surface area contributed by atoms with Crippen LogP contribution in [0, 0.1) is 5.82 Å². The van der Waals surface area contributed by atoms with Crippen molar-refractivity contribution in [3.8, 4) is 11.5 Å². The van der Waals surface area contributed by atoms with Gasteiger partial charge in [0.1, 0.15) is 11.9 Å². The first-order valence-electron chi connectivity index (χ1n) is 13.4. The number of rotatable bonds is 13. The molecule has 41 heavy (non-hydrogen) atoms. The van der Waals surface area contributed by atoms with Crippen molar-refractivity contribution in [1.29, 1.82) is 0 Å². The van der Waals surface area contributed by atoms with E-state index in [9.17, 15) is 22.4 Å². The summed E-state index contributed by atoms with van der Waals surface area (Å²) in [5.41, 5.74) is 1.95. The lowest BCUT2D eigenvalue weighted by molar-refractivity contribution is -0.141. The van der Waals surface area contributed by atoms with Crippen LogP contribution in [0.25, 0.3) is 0 Å². The predicted molar refractivity (Wildman–Crippen MR) is 154 cm³/mol. The molecule has 0 spiro atoms. The number of hydrogen-bond acceptors (Lipinski definition) is 6. The topological polar surface area (TPSA) is 105 Å². The van der Waals surface area contributed by atoms with Gasteiger partial charge in [-0.05, 0) is 48.7 Å². The van der Waals surface area contributed by atoms with E-state index in [1.54, 1.807) is 37.3 Å². The van der Waals surface area contributed by atoms with E-state index in [-0.39, 0.29) is 51.0 Å². The Balaban J connectivity index is 1.55. The number of anilines is 1. The number of halogens is 1. The van der Waals surface area contributed by atoms with Crippen molar-refractivity contribution in [3.63, 3.8) is 0 Å². The zero-order chi connectivity index (χ0) is 29.4. The fourth-order valence-electron chi connectivity index (χ4n) is 4.68. The highest BCUT2D eigenvalue weighted by Crippen LogP contribution is 2.36. The zero-order valence-electron chi connectivity index (χ0n) is 23.1. The van der Waals surface area contributed by atoms with E-state index in [1.165, 1.54) is 21.3 Å². The van der Waals surface area contributed by atoms with Gasteiger partial charge in [0.2, 0.25) is 28.6 Å². The summed E-state index contributed by atoms with van der Waals surface area (Å²) in [5, 5.41) is 2.83. The van der Waals surface area contributed by atoms with Gasteiger partial charge in [-0.2, -0.15) is 0 Å². The van der Waals surface area contributed by atoms with Crippen molar-refractivity contribution in [2.75, 3.05) is 30.4 Å². The average molecular weight is 584 g/mol. The third kappa shape index (κ3) is 7.97. The van der Waals surface area contributed by atoms with Crippen LogP contribution >= 0.6 is 0 Å². The highest BCUT2D eigenvalue weighted by atomic mass is 32.2. The van der Waals surface area contributed by atoms with E-state index in [4.69, 9.17) is 9.47 Å². The van der Waals surface area contributed by atoms with Crippen LogP contribution in [-0.4, -0.2) is 57.3 Å². The number of hydrogen-bond donors (Lipinski definition) is 1. The summed E-state index contributed by atoms with van der Waals surface area (Å²) >= 11 is 0. The van der Waals surface area contributed by atoms with Gasteiger partial charge in [0.15, 0.2) is 11.5 Å². The molecule has 0 saturated heterocycles. The summed E-state index contributed by atoms with van der Waals surface area (Å²) in [4.78, 5) is 28.5. The first-order chi connectivity index (χ1) is 19.7. The smallest absolute Gasteiger partial charge is 0.243 e. The summed E-state index contributed by atoms with van der Waals surface area (Å²) < 4.78 is 50.8. The number of nitrogens with one attached hydrogen (secondary N) is 1. The van der Waals surface area contributed by atoms with Gasteiger partial charge in [0, 0.05) is 38.5 Å². The molecule has 1 aliphatic heterocycles. The minimum Gasteiger partial charge on any atom is -0.454 e. The van der Waals surface area contributed by atoms with Gasteiger partial charge in [-0.15, -0.1) is 0 Å². The summed E-state index contributed by atoms with van der Waals surface area (Å²) in [7, 11) is -3.67. The maximum Gasteiger partial charge on any atom is 0.243 e. The lowest BCUT2D eigenvalue weighted by atomic mass is 10.0. The number of benzene rings is 3. The SMILES string of the molecule is CCNC(=O)[C@H](Cc1ccccc1)N(Cc1ccc(F)cc1)C(=O)CCCN(c1ccc2c(c1)OCO2)S(C)(=O)=O. The number of amides is 2. The van der Waals surface area contributed by atoms with Crippen LogP contribution < -0.4 is 19.1 Å². The predicted octanol–water partition coefficient (Wildman–Crippen LogP) is 3.88. The number of fused-ring (bicyclic) bond motifs is 1. The summed E-state index contributed by atoms with van der Waals surface area (Å²) in [6.07, 6.45) is 1.58. The minimum absolute atomic E-state index is 0.0114. The van der Waals surface area contributed by atoms with E-state index >= 15 is 0 Å². The molecule has 1 heterocycles. The number of ether oxygens (including phenoxy) is 2. The standard InChI is InChI=1S/C30H34FN3O6S/c1-3-32-30(36)26(18-22-8-5-4-6-9-22)33(20-23-11-13-24(31)14-12-23)29(35)10-7-17-34(41(2,37)38)25-15-16-27-28(19-25)40-21-39-27/h4-6,8-9,11-16,19,26H,3,7,10,17-18,20-21H2,1-2H3,(H,32,36)/t26-/m0/s1. The maximum absolute atomic E-state index is 13.7. The highest BCUT2D eigenvalue weighted by Gasteiger charge is 2.30. The summed E-state index contributed by atoms with van der Waals surface area (Å²) in [6.45, 7) is 2.39. The Bertz CT molecular complexity index is 1450. The van der Waals surface area contributed by atoms with Gasteiger partial charge in [0.25, 0.3) is 0 Å². The van der Waals surface area contributed by atoms with Gasteiger partial charge < -0.3 is 19.7 Å². The van der Waals surface area contributed by atoms with E-state index in [1.807, 2.05) is 30.3 Å². The van der Waals surface area contributed by atoms with Gasteiger partial charge in [0.05, 0.1) is 11.9 Å². The summed E-state index contributed by atoms with van der Waals surface area (Å²) in [6, 6.07) is 19.2. The maximum atomic E-state index is 13.7. The second kappa shape index (κ2) is 13.5. The third-order valence-corrected chi connectivity index (χ3v) is 7.88. The molecule has 3 aromatic carbocycles. The molecule has 0 saturated carbocycles. The molecule has 1 N–H and O–H groups in total. The first kappa shape index (κ1) is 29.9. The van der Waals surface area contributed by atoms with E-state index in [0.717, 1.165) is 11.8 Å². The molecule has 0 bridgehead atoms. The fourth-order valence-corrected chi connectivity index (χ4v) is 5.63. The van der Waals surface area contributed by atoms with Crippen molar-refractivity contribution in [1.82, 2.24) is 10.2 Å². The van der Waals surface area contributed by atoms with Crippen LogP contribution in [0.1, 0.15) is 30.9 Å². The molecule has 11 heteroatoms. The van der Waals surface area contributed by atoms with Crippen LogP contribution in [0.4, 0.5) is 10.1 Å².